The average molecular weight is 262 g/mol. The van der Waals surface area contributed by atoms with Crippen molar-refractivity contribution in [2.45, 2.75) is 25.9 Å². The first-order valence-electron chi connectivity index (χ1n) is 5.33. The van der Waals surface area contributed by atoms with E-state index in [-0.39, 0.29) is 0 Å². The molecule has 1 aromatic carbocycles. The number of nitrogens with one attached hydrogen (secondary N) is 1. The largest absolute Gasteiger partial charge is 0.383 e. The Morgan fingerprint density at radius 2 is 2.12 bits per heavy atom. The van der Waals surface area contributed by atoms with Gasteiger partial charge in [-0.25, -0.2) is 0 Å². The first kappa shape index (κ1) is 13.8. The minimum atomic E-state index is 0.358. The van der Waals surface area contributed by atoms with Crippen LogP contribution in [0, 0.1) is 0 Å². The van der Waals surface area contributed by atoms with E-state index in [4.69, 9.17) is 27.9 Å². The van der Waals surface area contributed by atoms with Gasteiger partial charge in [-0.1, -0.05) is 36.2 Å². The van der Waals surface area contributed by atoms with Crippen LogP contribution >= 0.6 is 23.2 Å². The maximum absolute atomic E-state index is 6.08. The molecular weight excluding hydrogens is 245 g/mol. The highest BCUT2D eigenvalue weighted by Crippen LogP contribution is 2.20. The number of benzene rings is 1. The number of rotatable bonds is 6. The molecule has 0 radical (unpaired) electrons. The smallest absolute Gasteiger partial charge is 0.0615 e. The van der Waals surface area contributed by atoms with Crippen molar-refractivity contribution >= 4 is 23.2 Å². The molecule has 0 saturated carbocycles. The van der Waals surface area contributed by atoms with Crippen LogP contribution in [0.15, 0.2) is 18.2 Å². The van der Waals surface area contributed by atoms with Crippen molar-refractivity contribution in [3.8, 4) is 0 Å². The summed E-state index contributed by atoms with van der Waals surface area (Å²) in [5.74, 6) is 0. The summed E-state index contributed by atoms with van der Waals surface area (Å²) >= 11 is 11.9. The van der Waals surface area contributed by atoms with Crippen molar-refractivity contribution in [2.75, 3.05) is 13.7 Å². The van der Waals surface area contributed by atoms with Crippen LogP contribution in [0.2, 0.25) is 10.0 Å². The van der Waals surface area contributed by atoms with Crippen molar-refractivity contribution in [3.05, 3.63) is 33.8 Å². The molecule has 0 spiro atoms. The topological polar surface area (TPSA) is 21.3 Å². The number of ether oxygens (including phenoxy) is 1. The monoisotopic (exact) mass is 261 g/mol. The van der Waals surface area contributed by atoms with Gasteiger partial charge in [0.05, 0.1) is 6.61 Å². The van der Waals surface area contributed by atoms with Gasteiger partial charge in [-0.2, -0.15) is 0 Å². The van der Waals surface area contributed by atoms with E-state index in [1.165, 1.54) is 0 Å². The van der Waals surface area contributed by atoms with Gasteiger partial charge in [0.1, 0.15) is 0 Å². The minimum Gasteiger partial charge on any atom is -0.383 e. The second-order valence-electron chi connectivity index (χ2n) is 3.68. The van der Waals surface area contributed by atoms with Crippen LogP contribution < -0.4 is 5.32 Å². The number of halogens is 2. The summed E-state index contributed by atoms with van der Waals surface area (Å²) < 4.78 is 5.12. The van der Waals surface area contributed by atoms with Gasteiger partial charge in [0.15, 0.2) is 0 Å². The molecule has 1 rings (SSSR count). The Kier molecular flexibility index (Phi) is 6.14. The Bertz CT molecular complexity index is 331. The number of methoxy groups -OCH3 is 1. The van der Waals surface area contributed by atoms with E-state index >= 15 is 0 Å². The maximum atomic E-state index is 6.08. The van der Waals surface area contributed by atoms with E-state index in [0.717, 1.165) is 18.5 Å². The molecule has 1 unspecified atom stereocenters. The zero-order chi connectivity index (χ0) is 12.0. The van der Waals surface area contributed by atoms with E-state index in [1.807, 2.05) is 12.1 Å². The first-order valence-corrected chi connectivity index (χ1v) is 6.09. The van der Waals surface area contributed by atoms with E-state index in [0.29, 0.717) is 22.7 Å². The standard InChI is InChI=1S/C12H17Cl2NO/c1-3-11(8-16-2)15-7-9-4-5-10(13)6-12(9)14/h4-6,11,15H,3,7-8H2,1-2H3. The minimum absolute atomic E-state index is 0.358. The molecule has 1 aromatic rings. The van der Waals surface area contributed by atoms with Gasteiger partial charge < -0.3 is 10.1 Å². The summed E-state index contributed by atoms with van der Waals surface area (Å²) in [6.07, 6.45) is 1.03. The maximum Gasteiger partial charge on any atom is 0.0615 e. The van der Waals surface area contributed by atoms with E-state index in [2.05, 4.69) is 12.2 Å². The summed E-state index contributed by atoms with van der Waals surface area (Å²) in [5, 5.41) is 4.76. The van der Waals surface area contributed by atoms with Crippen molar-refractivity contribution < 1.29 is 4.74 Å². The fraction of sp³-hybridized carbons (Fsp3) is 0.500. The zero-order valence-corrected chi connectivity index (χ0v) is 11.1. The number of hydrogen-bond acceptors (Lipinski definition) is 2. The Morgan fingerprint density at radius 3 is 2.69 bits per heavy atom. The number of hydrogen-bond donors (Lipinski definition) is 1. The first-order chi connectivity index (χ1) is 7.67. The van der Waals surface area contributed by atoms with Gasteiger partial charge in [-0.05, 0) is 24.1 Å². The van der Waals surface area contributed by atoms with Crippen molar-refractivity contribution in [1.82, 2.24) is 5.32 Å². The molecule has 4 heteroatoms. The Labute approximate surface area is 107 Å². The van der Waals surface area contributed by atoms with Crippen LogP contribution in [0.25, 0.3) is 0 Å². The molecule has 2 nitrogen and oxygen atoms in total. The normalized spacial score (nSPS) is 12.8. The van der Waals surface area contributed by atoms with Gasteiger partial charge in [0, 0.05) is 29.7 Å². The molecule has 0 aliphatic heterocycles. The second kappa shape index (κ2) is 7.13. The lowest BCUT2D eigenvalue weighted by Gasteiger charge is -2.16. The third-order valence-electron chi connectivity index (χ3n) is 2.46. The molecule has 0 bridgehead atoms. The molecule has 0 heterocycles. The third-order valence-corrected chi connectivity index (χ3v) is 3.04. The summed E-state index contributed by atoms with van der Waals surface area (Å²) in [6, 6.07) is 5.91. The highest BCUT2D eigenvalue weighted by molar-refractivity contribution is 6.35. The molecule has 0 fully saturated rings. The predicted molar refractivity (Wildman–Crippen MR) is 69.3 cm³/mol. The quantitative estimate of drug-likeness (QED) is 0.847. The molecule has 0 aliphatic rings. The predicted octanol–water partition coefficient (Wildman–Crippen LogP) is 3.51. The summed E-state index contributed by atoms with van der Waals surface area (Å²) in [6.45, 7) is 3.57. The van der Waals surface area contributed by atoms with Crippen LogP contribution in [0.5, 0.6) is 0 Å². The lowest BCUT2D eigenvalue weighted by molar-refractivity contribution is 0.164. The van der Waals surface area contributed by atoms with Crippen molar-refractivity contribution in [2.24, 2.45) is 0 Å². The van der Waals surface area contributed by atoms with Crippen LogP contribution in [0.3, 0.4) is 0 Å². The lowest BCUT2D eigenvalue weighted by Crippen LogP contribution is -2.32. The fourth-order valence-corrected chi connectivity index (χ4v) is 1.92. The molecule has 0 aliphatic carbocycles. The molecule has 16 heavy (non-hydrogen) atoms. The average Bonchev–Trinajstić information content (AvgIpc) is 2.26. The van der Waals surface area contributed by atoms with E-state index < -0.39 is 0 Å². The second-order valence-corrected chi connectivity index (χ2v) is 4.52. The molecule has 1 atom stereocenters. The summed E-state index contributed by atoms with van der Waals surface area (Å²) in [7, 11) is 1.71. The molecule has 1 N–H and O–H groups in total. The zero-order valence-electron chi connectivity index (χ0n) is 9.59. The molecule has 0 amide bonds. The third kappa shape index (κ3) is 4.30. The van der Waals surface area contributed by atoms with Gasteiger partial charge in [0.2, 0.25) is 0 Å². The van der Waals surface area contributed by atoms with Gasteiger partial charge in [-0.15, -0.1) is 0 Å². The van der Waals surface area contributed by atoms with Crippen molar-refractivity contribution in [1.29, 1.82) is 0 Å². The Hall–Kier alpha value is -0.280. The van der Waals surface area contributed by atoms with Gasteiger partial charge in [-0.3, -0.25) is 0 Å². The molecule has 0 saturated heterocycles. The summed E-state index contributed by atoms with van der Waals surface area (Å²) in [4.78, 5) is 0. The molecule has 90 valence electrons. The Morgan fingerprint density at radius 1 is 1.38 bits per heavy atom. The van der Waals surface area contributed by atoms with Crippen molar-refractivity contribution in [3.63, 3.8) is 0 Å². The van der Waals surface area contributed by atoms with Crippen LogP contribution in [0.4, 0.5) is 0 Å². The molecular formula is C12H17Cl2NO. The Balaban J connectivity index is 2.53. The van der Waals surface area contributed by atoms with Crippen LogP contribution in [-0.4, -0.2) is 19.8 Å². The van der Waals surface area contributed by atoms with Gasteiger partial charge in [0.25, 0.3) is 0 Å². The highest BCUT2D eigenvalue weighted by atomic mass is 35.5. The fourth-order valence-electron chi connectivity index (χ4n) is 1.44. The van der Waals surface area contributed by atoms with Crippen LogP contribution in [0.1, 0.15) is 18.9 Å². The lowest BCUT2D eigenvalue weighted by atomic mass is 10.2. The van der Waals surface area contributed by atoms with E-state index in [1.54, 1.807) is 13.2 Å². The molecule has 0 aromatic heterocycles. The summed E-state index contributed by atoms with van der Waals surface area (Å²) in [5.41, 5.74) is 1.06. The van der Waals surface area contributed by atoms with E-state index in [9.17, 15) is 0 Å². The highest BCUT2D eigenvalue weighted by Gasteiger charge is 2.06. The SMILES string of the molecule is CCC(COC)NCc1ccc(Cl)cc1Cl. The van der Waals surface area contributed by atoms with Crippen LogP contribution in [-0.2, 0) is 11.3 Å². The van der Waals surface area contributed by atoms with Gasteiger partial charge >= 0.3 is 0 Å².